The topological polar surface area (TPSA) is 48.0 Å². The first kappa shape index (κ1) is 13.3. The summed E-state index contributed by atoms with van der Waals surface area (Å²) in [5.41, 5.74) is 1.35. The summed E-state index contributed by atoms with van der Waals surface area (Å²) in [4.78, 5) is 11.9. The standard InChI is InChI=1S/C16H16N3O2/c1-3-21-16(20)15-11-19(17-18(15)2)14-10-6-8-12-7-4-5-9-13(12)14/h4-11H,3H2,1-2H3/q+1. The zero-order chi connectivity index (χ0) is 14.8. The minimum atomic E-state index is -0.369. The highest BCUT2D eigenvalue weighted by atomic mass is 16.5. The second-order valence-electron chi connectivity index (χ2n) is 4.69. The largest absolute Gasteiger partial charge is 0.460 e. The summed E-state index contributed by atoms with van der Waals surface area (Å²) in [7, 11) is 1.73. The molecule has 0 saturated carbocycles. The monoisotopic (exact) mass is 282 g/mol. The predicted octanol–water partition coefficient (Wildman–Crippen LogP) is 2.03. The fourth-order valence-corrected chi connectivity index (χ4v) is 2.33. The maximum atomic E-state index is 11.9. The van der Waals surface area contributed by atoms with Gasteiger partial charge in [-0.15, -0.1) is 9.36 Å². The molecule has 0 radical (unpaired) electrons. The van der Waals surface area contributed by atoms with E-state index >= 15 is 0 Å². The molecule has 2 aromatic carbocycles. The first-order valence-electron chi connectivity index (χ1n) is 6.82. The minimum absolute atomic E-state index is 0.346. The fourth-order valence-electron chi connectivity index (χ4n) is 2.33. The number of hydrogen-bond donors (Lipinski definition) is 0. The summed E-state index contributed by atoms with van der Waals surface area (Å²) in [6.45, 7) is 2.13. The van der Waals surface area contributed by atoms with Crippen molar-refractivity contribution in [2.24, 2.45) is 7.05 Å². The molecule has 0 unspecified atom stereocenters. The molecule has 0 aliphatic carbocycles. The molecule has 0 fully saturated rings. The van der Waals surface area contributed by atoms with Crippen molar-refractivity contribution in [3.63, 3.8) is 0 Å². The average Bonchev–Trinajstić information content (AvgIpc) is 2.89. The molecule has 21 heavy (non-hydrogen) atoms. The predicted molar refractivity (Wildman–Crippen MR) is 78.2 cm³/mol. The number of fused-ring (bicyclic) bond motifs is 1. The first-order chi connectivity index (χ1) is 10.2. The summed E-state index contributed by atoms with van der Waals surface area (Å²) in [5, 5.41) is 6.58. The SMILES string of the molecule is CCOC(=O)c1c[n+](-c2cccc3ccccc23)nn1C. The van der Waals surface area contributed by atoms with Gasteiger partial charge in [-0.25, -0.2) is 4.79 Å². The third-order valence-corrected chi connectivity index (χ3v) is 3.32. The Balaban J connectivity index is 2.12. The Morgan fingerprint density at radius 3 is 2.81 bits per heavy atom. The molecule has 0 bridgehead atoms. The number of carbonyl (C=O) groups excluding carboxylic acids is 1. The first-order valence-corrected chi connectivity index (χ1v) is 6.82. The second-order valence-corrected chi connectivity index (χ2v) is 4.69. The molecule has 106 valence electrons. The van der Waals surface area contributed by atoms with Crippen molar-refractivity contribution in [1.29, 1.82) is 0 Å². The van der Waals surface area contributed by atoms with Gasteiger partial charge in [-0.05, 0) is 18.4 Å². The van der Waals surface area contributed by atoms with Gasteiger partial charge >= 0.3 is 5.97 Å². The molecule has 5 heteroatoms. The van der Waals surface area contributed by atoms with Crippen LogP contribution in [0.4, 0.5) is 0 Å². The minimum Gasteiger partial charge on any atom is -0.460 e. The zero-order valence-corrected chi connectivity index (χ0v) is 12.0. The molecule has 0 aliphatic rings. The summed E-state index contributed by atoms with van der Waals surface area (Å²) >= 11 is 0. The van der Waals surface area contributed by atoms with E-state index in [-0.39, 0.29) is 5.97 Å². The quantitative estimate of drug-likeness (QED) is 0.545. The van der Waals surface area contributed by atoms with Crippen LogP contribution >= 0.6 is 0 Å². The van der Waals surface area contributed by atoms with E-state index in [0.29, 0.717) is 12.3 Å². The van der Waals surface area contributed by atoms with Gasteiger partial charge in [0, 0.05) is 5.39 Å². The highest BCUT2D eigenvalue weighted by Gasteiger charge is 2.23. The Labute approximate surface area is 122 Å². The van der Waals surface area contributed by atoms with Crippen LogP contribution in [-0.4, -0.2) is 22.5 Å². The van der Waals surface area contributed by atoms with Crippen molar-refractivity contribution in [2.75, 3.05) is 6.61 Å². The molecular formula is C16H16N3O2+. The van der Waals surface area contributed by atoms with Crippen LogP contribution in [0.2, 0.25) is 0 Å². The lowest BCUT2D eigenvalue weighted by atomic mass is 10.1. The lowest BCUT2D eigenvalue weighted by molar-refractivity contribution is -0.660. The van der Waals surface area contributed by atoms with Crippen LogP contribution in [-0.2, 0) is 11.8 Å². The lowest BCUT2D eigenvalue weighted by Gasteiger charge is -2.00. The van der Waals surface area contributed by atoms with E-state index in [0.717, 1.165) is 16.5 Å². The van der Waals surface area contributed by atoms with Gasteiger partial charge in [0.1, 0.15) is 7.05 Å². The molecular weight excluding hydrogens is 266 g/mol. The Morgan fingerprint density at radius 2 is 2.00 bits per heavy atom. The number of aromatic nitrogens is 3. The maximum absolute atomic E-state index is 11.9. The number of hydrogen-bond acceptors (Lipinski definition) is 3. The molecule has 1 aromatic heterocycles. The van der Waals surface area contributed by atoms with Crippen molar-refractivity contribution in [2.45, 2.75) is 6.92 Å². The number of benzene rings is 2. The zero-order valence-electron chi connectivity index (χ0n) is 12.0. The molecule has 0 N–H and O–H groups in total. The van der Waals surface area contributed by atoms with E-state index < -0.39 is 0 Å². The summed E-state index contributed by atoms with van der Waals surface area (Å²) in [6.07, 6.45) is 1.69. The van der Waals surface area contributed by atoms with Crippen LogP contribution in [0.3, 0.4) is 0 Å². The van der Waals surface area contributed by atoms with Crippen molar-refractivity contribution < 1.29 is 14.2 Å². The summed E-state index contributed by atoms with van der Waals surface area (Å²) in [6, 6.07) is 14.1. The number of carbonyl (C=O) groups is 1. The summed E-state index contributed by atoms with van der Waals surface area (Å²) in [5.74, 6) is -0.369. The molecule has 0 spiro atoms. The van der Waals surface area contributed by atoms with Gasteiger partial charge in [-0.1, -0.05) is 36.4 Å². The van der Waals surface area contributed by atoms with E-state index in [1.165, 1.54) is 4.68 Å². The van der Waals surface area contributed by atoms with Gasteiger partial charge in [-0.2, -0.15) is 0 Å². The van der Waals surface area contributed by atoms with Crippen molar-refractivity contribution in [3.05, 3.63) is 54.4 Å². The van der Waals surface area contributed by atoms with Crippen LogP contribution in [0.25, 0.3) is 16.5 Å². The van der Waals surface area contributed by atoms with Crippen LogP contribution in [0.1, 0.15) is 17.4 Å². The van der Waals surface area contributed by atoms with E-state index in [1.807, 2.05) is 30.3 Å². The van der Waals surface area contributed by atoms with Gasteiger partial charge in [0.25, 0.3) is 5.69 Å². The van der Waals surface area contributed by atoms with Crippen LogP contribution in [0.15, 0.2) is 48.7 Å². The van der Waals surface area contributed by atoms with Gasteiger partial charge in [0.15, 0.2) is 11.9 Å². The highest BCUT2D eigenvalue weighted by molar-refractivity contribution is 5.89. The van der Waals surface area contributed by atoms with E-state index in [9.17, 15) is 4.79 Å². The van der Waals surface area contributed by atoms with Gasteiger partial charge in [0.05, 0.1) is 11.8 Å². The number of ether oxygens (including phenoxy) is 1. The molecule has 3 aromatic rings. The fraction of sp³-hybridized carbons (Fsp3) is 0.188. The lowest BCUT2D eigenvalue weighted by Crippen LogP contribution is -2.33. The normalized spacial score (nSPS) is 10.8. The number of rotatable bonds is 3. The van der Waals surface area contributed by atoms with Crippen LogP contribution in [0.5, 0.6) is 0 Å². The third-order valence-electron chi connectivity index (χ3n) is 3.32. The van der Waals surface area contributed by atoms with Gasteiger partial charge < -0.3 is 4.74 Å². The average molecular weight is 282 g/mol. The van der Waals surface area contributed by atoms with Crippen molar-refractivity contribution in [3.8, 4) is 5.69 Å². The molecule has 0 amide bonds. The van der Waals surface area contributed by atoms with Crippen LogP contribution in [0, 0.1) is 0 Å². The third kappa shape index (κ3) is 2.38. The Kier molecular flexibility index (Phi) is 3.39. The second kappa shape index (κ2) is 5.36. The van der Waals surface area contributed by atoms with Gasteiger partial charge in [-0.3, -0.25) is 0 Å². The van der Waals surface area contributed by atoms with Crippen LogP contribution < -0.4 is 4.68 Å². The summed E-state index contributed by atoms with van der Waals surface area (Å²) < 4.78 is 8.26. The number of esters is 1. The molecule has 1 heterocycles. The number of aryl methyl sites for hydroxylation is 1. The highest BCUT2D eigenvalue weighted by Crippen LogP contribution is 2.18. The molecule has 0 aliphatic heterocycles. The van der Waals surface area contributed by atoms with Gasteiger partial charge in [0.2, 0.25) is 0 Å². The molecule has 3 rings (SSSR count). The molecule has 0 atom stereocenters. The molecule has 0 saturated heterocycles. The Bertz CT molecular complexity index is 803. The van der Waals surface area contributed by atoms with Crippen molar-refractivity contribution in [1.82, 2.24) is 9.90 Å². The number of nitrogens with zero attached hydrogens (tertiary/aromatic N) is 3. The van der Waals surface area contributed by atoms with Crippen molar-refractivity contribution >= 4 is 16.7 Å². The van der Waals surface area contributed by atoms with E-state index in [2.05, 4.69) is 17.3 Å². The Morgan fingerprint density at radius 1 is 1.24 bits per heavy atom. The van der Waals surface area contributed by atoms with E-state index in [1.54, 1.807) is 24.9 Å². The Hall–Kier alpha value is -2.69. The maximum Gasteiger partial charge on any atom is 0.384 e. The molecule has 5 nitrogen and oxygen atoms in total. The smallest absolute Gasteiger partial charge is 0.384 e. The van der Waals surface area contributed by atoms with E-state index in [4.69, 9.17) is 4.74 Å².